The fourth-order valence-electron chi connectivity index (χ4n) is 1.91. The van der Waals surface area contributed by atoms with Crippen molar-refractivity contribution in [3.05, 3.63) is 0 Å². The van der Waals surface area contributed by atoms with Gasteiger partial charge >= 0.3 is 0 Å². The highest BCUT2D eigenvalue weighted by atomic mass is 16.9. The van der Waals surface area contributed by atoms with Crippen LogP contribution in [0.25, 0.3) is 0 Å². The molecule has 0 atom stereocenters. The highest BCUT2D eigenvalue weighted by molar-refractivity contribution is 4.75. The lowest BCUT2D eigenvalue weighted by Crippen LogP contribution is -2.47. The number of hydrogen-bond acceptors (Lipinski definition) is 3. The zero-order valence-corrected chi connectivity index (χ0v) is 7.82. The van der Waals surface area contributed by atoms with Crippen molar-refractivity contribution in [3.63, 3.8) is 0 Å². The van der Waals surface area contributed by atoms with E-state index in [4.69, 9.17) is 9.47 Å². The third kappa shape index (κ3) is 1.63. The molecule has 0 N–H and O–H groups in total. The monoisotopic (exact) mass is 171 g/mol. The summed E-state index contributed by atoms with van der Waals surface area (Å²) in [4.78, 5) is 2.36. The van der Waals surface area contributed by atoms with Crippen LogP contribution in [-0.2, 0) is 9.47 Å². The third-order valence-corrected chi connectivity index (χ3v) is 2.80. The second-order valence-electron chi connectivity index (χ2n) is 3.85. The molecule has 0 saturated carbocycles. The van der Waals surface area contributed by atoms with Gasteiger partial charge in [0.1, 0.15) is 0 Å². The first-order valence-electron chi connectivity index (χ1n) is 4.75. The standard InChI is InChI=1S/C9H17NO2/c1-7-11-9(12-7)8-3-5-10(2)6-4-8/h7-9H,3-6H2,1-2H3. The number of piperidine rings is 1. The van der Waals surface area contributed by atoms with Crippen molar-refractivity contribution in [2.75, 3.05) is 20.1 Å². The van der Waals surface area contributed by atoms with Gasteiger partial charge in [-0.2, -0.15) is 0 Å². The van der Waals surface area contributed by atoms with Gasteiger partial charge in [-0.15, -0.1) is 0 Å². The van der Waals surface area contributed by atoms with E-state index in [1.165, 1.54) is 25.9 Å². The summed E-state index contributed by atoms with van der Waals surface area (Å²) in [6.45, 7) is 4.32. The number of hydrogen-bond donors (Lipinski definition) is 0. The summed E-state index contributed by atoms with van der Waals surface area (Å²) < 4.78 is 10.9. The Morgan fingerprint density at radius 3 is 2.25 bits per heavy atom. The van der Waals surface area contributed by atoms with Gasteiger partial charge in [-0.25, -0.2) is 0 Å². The second kappa shape index (κ2) is 3.32. The Balaban J connectivity index is 1.75. The highest BCUT2D eigenvalue weighted by Crippen LogP contribution is 2.30. The van der Waals surface area contributed by atoms with Gasteiger partial charge < -0.3 is 14.4 Å². The molecule has 2 aliphatic rings. The molecule has 0 bridgehead atoms. The molecule has 2 aliphatic heterocycles. The van der Waals surface area contributed by atoms with Gasteiger partial charge in [0.05, 0.1) is 0 Å². The van der Waals surface area contributed by atoms with E-state index in [-0.39, 0.29) is 12.6 Å². The predicted molar refractivity (Wildman–Crippen MR) is 45.6 cm³/mol. The summed E-state index contributed by atoms with van der Waals surface area (Å²) in [6.07, 6.45) is 2.57. The minimum atomic E-state index is 0.0367. The molecule has 0 radical (unpaired) electrons. The lowest BCUT2D eigenvalue weighted by atomic mass is 9.96. The maximum atomic E-state index is 5.47. The zero-order valence-electron chi connectivity index (χ0n) is 7.82. The average molecular weight is 171 g/mol. The summed E-state index contributed by atoms with van der Waals surface area (Å²) in [6, 6.07) is 0. The molecule has 2 saturated heterocycles. The quantitative estimate of drug-likeness (QED) is 0.588. The van der Waals surface area contributed by atoms with Crippen LogP contribution in [0.15, 0.2) is 0 Å². The van der Waals surface area contributed by atoms with Crippen LogP contribution in [0.4, 0.5) is 0 Å². The molecule has 0 aliphatic carbocycles. The normalized spacial score (nSPS) is 39.5. The molecule has 12 heavy (non-hydrogen) atoms. The number of nitrogens with zero attached hydrogens (tertiary/aromatic N) is 1. The minimum absolute atomic E-state index is 0.0367. The van der Waals surface area contributed by atoms with Gasteiger partial charge in [0, 0.05) is 5.92 Å². The summed E-state index contributed by atoms with van der Waals surface area (Å²) in [7, 11) is 2.17. The lowest BCUT2D eigenvalue weighted by molar-refractivity contribution is -0.394. The van der Waals surface area contributed by atoms with E-state index in [1.807, 2.05) is 6.92 Å². The number of likely N-dealkylation sites (tertiary alicyclic amines) is 1. The van der Waals surface area contributed by atoms with E-state index in [9.17, 15) is 0 Å². The molecule has 3 nitrogen and oxygen atoms in total. The van der Waals surface area contributed by atoms with E-state index >= 15 is 0 Å². The Hall–Kier alpha value is -0.120. The summed E-state index contributed by atoms with van der Waals surface area (Å²) in [5.41, 5.74) is 0. The molecule has 0 aromatic carbocycles. The first kappa shape index (κ1) is 8.48. The van der Waals surface area contributed by atoms with Crippen LogP contribution >= 0.6 is 0 Å². The third-order valence-electron chi connectivity index (χ3n) is 2.80. The largest absolute Gasteiger partial charge is 0.324 e. The first-order chi connectivity index (χ1) is 5.75. The van der Waals surface area contributed by atoms with Gasteiger partial charge in [0.15, 0.2) is 12.6 Å². The molecule has 2 fully saturated rings. The predicted octanol–water partition coefficient (Wildman–Crippen LogP) is 1.05. The van der Waals surface area contributed by atoms with E-state index in [0.717, 1.165) is 0 Å². The molecule has 0 aromatic heterocycles. The fraction of sp³-hybridized carbons (Fsp3) is 1.00. The van der Waals surface area contributed by atoms with Crippen LogP contribution in [0.2, 0.25) is 0 Å². The van der Waals surface area contributed by atoms with Gasteiger partial charge in [-0.1, -0.05) is 0 Å². The SMILES string of the molecule is CC1OC(C2CCN(C)CC2)O1. The Morgan fingerprint density at radius 1 is 1.17 bits per heavy atom. The van der Waals surface area contributed by atoms with Crippen LogP contribution in [0, 0.1) is 5.92 Å². The van der Waals surface area contributed by atoms with E-state index in [1.54, 1.807) is 0 Å². The summed E-state index contributed by atoms with van der Waals surface area (Å²) >= 11 is 0. The van der Waals surface area contributed by atoms with Crippen molar-refractivity contribution in [1.29, 1.82) is 0 Å². The molecule has 3 heteroatoms. The van der Waals surface area contributed by atoms with Crippen LogP contribution < -0.4 is 0 Å². The summed E-state index contributed by atoms with van der Waals surface area (Å²) in [5, 5.41) is 0. The van der Waals surface area contributed by atoms with Crippen molar-refractivity contribution in [3.8, 4) is 0 Å². The molecular formula is C9H17NO2. The molecule has 0 aromatic rings. The fourth-order valence-corrected chi connectivity index (χ4v) is 1.91. The zero-order chi connectivity index (χ0) is 8.55. The Labute approximate surface area is 73.6 Å². The molecule has 70 valence electrons. The van der Waals surface area contributed by atoms with Gasteiger partial charge in [-0.05, 0) is 39.9 Å². The Kier molecular flexibility index (Phi) is 2.35. The lowest BCUT2D eigenvalue weighted by Gasteiger charge is -2.41. The topological polar surface area (TPSA) is 21.7 Å². The van der Waals surface area contributed by atoms with Crippen molar-refractivity contribution in [2.24, 2.45) is 5.92 Å². The molecule has 2 rings (SSSR count). The molecule has 0 unspecified atom stereocenters. The average Bonchev–Trinajstić information content (AvgIpc) is 2.01. The van der Waals surface area contributed by atoms with E-state index in [0.29, 0.717) is 5.92 Å². The molecule has 0 spiro atoms. The van der Waals surface area contributed by atoms with Gasteiger partial charge in [0.2, 0.25) is 0 Å². The van der Waals surface area contributed by atoms with Gasteiger partial charge in [0.25, 0.3) is 0 Å². The van der Waals surface area contributed by atoms with Crippen LogP contribution in [0.1, 0.15) is 19.8 Å². The van der Waals surface area contributed by atoms with Crippen LogP contribution in [-0.4, -0.2) is 37.6 Å². The second-order valence-corrected chi connectivity index (χ2v) is 3.85. The first-order valence-corrected chi connectivity index (χ1v) is 4.75. The minimum Gasteiger partial charge on any atom is -0.324 e. The van der Waals surface area contributed by atoms with Crippen molar-refractivity contribution in [1.82, 2.24) is 4.90 Å². The molecular weight excluding hydrogens is 154 g/mol. The Bertz CT molecular complexity index is 149. The van der Waals surface area contributed by atoms with Crippen LogP contribution in [0.5, 0.6) is 0 Å². The number of ether oxygens (including phenoxy) is 2. The Morgan fingerprint density at radius 2 is 1.75 bits per heavy atom. The number of rotatable bonds is 1. The smallest absolute Gasteiger partial charge is 0.166 e. The maximum absolute atomic E-state index is 5.47. The maximum Gasteiger partial charge on any atom is 0.166 e. The van der Waals surface area contributed by atoms with Gasteiger partial charge in [-0.3, -0.25) is 0 Å². The van der Waals surface area contributed by atoms with E-state index in [2.05, 4.69) is 11.9 Å². The molecule has 2 heterocycles. The van der Waals surface area contributed by atoms with Crippen molar-refractivity contribution in [2.45, 2.75) is 32.3 Å². The van der Waals surface area contributed by atoms with E-state index < -0.39 is 0 Å². The molecule has 0 amide bonds. The van der Waals surface area contributed by atoms with Crippen LogP contribution in [0.3, 0.4) is 0 Å². The summed E-state index contributed by atoms with van der Waals surface area (Å²) in [5.74, 6) is 0.636. The highest BCUT2D eigenvalue weighted by Gasteiger charge is 2.35. The van der Waals surface area contributed by atoms with Crippen molar-refractivity contribution >= 4 is 0 Å². The van der Waals surface area contributed by atoms with Crippen molar-refractivity contribution < 1.29 is 9.47 Å².